The number of ether oxygens (including phenoxy) is 1. The van der Waals surface area contributed by atoms with Crippen molar-refractivity contribution in [1.82, 2.24) is 15.1 Å². The van der Waals surface area contributed by atoms with Crippen molar-refractivity contribution in [2.45, 2.75) is 39.3 Å². The Morgan fingerprint density at radius 1 is 1.44 bits per heavy atom. The van der Waals surface area contributed by atoms with Crippen molar-refractivity contribution < 1.29 is 9.53 Å². The summed E-state index contributed by atoms with van der Waals surface area (Å²) in [5.41, 5.74) is 1.36. The first-order valence-corrected chi connectivity index (χ1v) is 6.22. The molecule has 6 heteroatoms. The van der Waals surface area contributed by atoms with Crippen LogP contribution in [0.25, 0.3) is 0 Å². The van der Waals surface area contributed by atoms with Gasteiger partial charge in [-0.1, -0.05) is 11.6 Å². The van der Waals surface area contributed by atoms with Crippen LogP contribution in [0.5, 0.6) is 0 Å². The fourth-order valence-corrected chi connectivity index (χ4v) is 1.94. The highest BCUT2D eigenvalue weighted by Crippen LogP contribution is 2.20. The number of hydrogen-bond donors (Lipinski definition) is 0. The molecule has 0 aromatic carbocycles. The van der Waals surface area contributed by atoms with Crippen LogP contribution in [-0.2, 0) is 17.7 Å². The van der Waals surface area contributed by atoms with Gasteiger partial charge in [-0.25, -0.2) is 4.79 Å². The SMILES string of the molecule is CC(C)(C)OC(=O)N1CCc2cc(Cl)nnc2C1. The molecule has 1 aliphatic rings. The fraction of sp³-hybridized carbons (Fsp3) is 0.583. The minimum atomic E-state index is -0.483. The molecule has 0 bridgehead atoms. The van der Waals surface area contributed by atoms with Gasteiger partial charge in [0.05, 0.1) is 12.2 Å². The van der Waals surface area contributed by atoms with E-state index in [2.05, 4.69) is 10.2 Å². The van der Waals surface area contributed by atoms with Crippen LogP contribution in [0.3, 0.4) is 0 Å². The van der Waals surface area contributed by atoms with E-state index in [1.165, 1.54) is 0 Å². The van der Waals surface area contributed by atoms with E-state index in [0.717, 1.165) is 17.7 Å². The maximum Gasteiger partial charge on any atom is 0.410 e. The Morgan fingerprint density at radius 2 is 2.17 bits per heavy atom. The molecule has 0 spiro atoms. The summed E-state index contributed by atoms with van der Waals surface area (Å²) in [6.07, 6.45) is 0.411. The summed E-state index contributed by atoms with van der Waals surface area (Å²) in [6, 6.07) is 1.80. The largest absolute Gasteiger partial charge is 0.444 e. The van der Waals surface area contributed by atoms with Crippen molar-refractivity contribution in [3.05, 3.63) is 22.5 Å². The van der Waals surface area contributed by atoms with Crippen molar-refractivity contribution in [3.63, 3.8) is 0 Å². The van der Waals surface area contributed by atoms with Crippen LogP contribution >= 0.6 is 11.6 Å². The average Bonchev–Trinajstić information content (AvgIpc) is 2.26. The molecule has 1 aliphatic heterocycles. The topological polar surface area (TPSA) is 55.3 Å². The number of rotatable bonds is 0. The molecule has 98 valence electrons. The van der Waals surface area contributed by atoms with Gasteiger partial charge < -0.3 is 9.64 Å². The molecule has 18 heavy (non-hydrogen) atoms. The highest BCUT2D eigenvalue weighted by Gasteiger charge is 2.26. The highest BCUT2D eigenvalue weighted by molar-refractivity contribution is 6.29. The molecule has 0 saturated heterocycles. The van der Waals surface area contributed by atoms with Crippen LogP contribution in [0.2, 0.25) is 5.15 Å². The quantitative estimate of drug-likeness (QED) is 0.726. The van der Waals surface area contributed by atoms with Crippen molar-refractivity contribution >= 4 is 17.7 Å². The first-order chi connectivity index (χ1) is 8.35. The molecule has 0 fully saturated rings. The van der Waals surface area contributed by atoms with E-state index in [9.17, 15) is 4.79 Å². The van der Waals surface area contributed by atoms with E-state index >= 15 is 0 Å². The predicted molar refractivity (Wildman–Crippen MR) is 67.4 cm³/mol. The van der Waals surface area contributed by atoms with Crippen LogP contribution < -0.4 is 0 Å². The summed E-state index contributed by atoms with van der Waals surface area (Å²) >= 11 is 5.78. The first-order valence-electron chi connectivity index (χ1n) is 5.84. The van der Waals surface area contributed by atoms with E-state index in [1.54, 1.807) is 11.0 Å². The molecular formula is C12H16ClN3O2. The monoisotopic (exact) mass is 269 g/mol. The Bertz CT molecular complexity index is 471. The highest BCUT2D eigenvalue weighted by atomic mass is 35.5. The summed E-state index contributed by atoms with van der Waals surface area (Å²) in [5, 5.41) is 8.20. The fourth-order valence-electron chi connectivity index (χ4n) is 1.78. The number of halogens is 1. The Labute approximate surface area is 111 Å². The number of fused-ring (bicyclic) bond motifs is 1. The number of carbonyl (C=O) groups is 1. The summed E-state index contributed by atoms with van der Waals surface area (Å²) in [5.74, 6) is 0. The molecule has 0 aliphatic carbocycles. The number of aromatic nitrogens is 2. The van der Waals surface area contributed by atoms with E-state index in [0.29, 0.717) is 18.2 Å². The van der Waals surface area contributed by atoms with Gasteiger partial charge >= 0.3 is 6.09 Å². The lowest BCUT2D eigenvalue weighted by Crippen LogP contribution is -2.40. The van der Waals surface area contributed by atoms with Gasteiger partial charge in [0.25, 0.3) is 0 Å². The zero-order chi connectivity index (χ0) is 13.3. The molecule has 0 N–H and O–H groups in total. The van der Waals surface area contributed by atoms with Crippen LogP contribution in [0.15, 0.2) is 6.07 Å². The zero-order valence-electron chi connectivity index (χ0n) is 10.7. The summed E-state index contributed by atoms with van der Waals surface area (Å²) in [7, 11) is 0. The Kier molecular flexibility index (Phi) is 3.43. The van der Waals surface area contributed by atoms with Gasteiger partial charge in [0.1, 0.15) is 5.60 Å². The van der Waals surface area contributed by atoms with E-state index in [4.69, 9.17) is 16.3 Å². The van der Waals surface area contributed by atoms with Crippen LogP contribution in [0.4, 0.5) is 4.79 Å². The van der Waals surface area contributed by atoms with Gasteiger partial charge in [0.15, 0.2) is 5.15 Å². The normalized spacial score (nSPS) is 15.2. The lowest BCUT2D eigenvalue weighted by Gasteiger charge is -2.30. The minimum absolute atomic E-state index is 0.315. The van der Waals surface area contributed by atoms with E-state index < -0.39 is 5.60 Å². The van der Waals surface area contributed by atoms with Crippen molar-refractivity contribution in [1.29, 1.82) is 0 Å². The third-order valence-corrected chi connectivity index (χ3v) is 2.76. The molecule has 0 radical (unpaired) electrons. The maximum absolute atomic E-state index is 11.9. The Hall–Kier alpha value is -1.36. The van der Waals surface area contributed by atoms with Crippen LogP contribution in [0.1, 0.15) is 32.0 Å². The molecule has 1 aromatic rings. The van der Waals surface area contributed by atoms with Gasteiger partial charge in [-0.15, -0.1) is 5.10 Å². The maximum atomic E-state index is 11.9. The van der Waals surface area contributed by atoms with Crippen molar-refractivity contribution in [2.24, 2.45) is 0 Å². The second-order valence-corrected chi connectivity index (χ2v) is 5.68. The van der Waals surface area contributed by atoms with E-state index in [-0.39, 0.29) is 6.09 Å². The average molecular weight is 270 g/mol. The van der Waals surface area contributed by atoms with Gasteiger partial charge in [0.2, 0.25) is 0 Å². The number of amides is 1. The predicted octanol–water partition coefficient (Wildman–Crippen LogP) is 2.42. The molecule has 1 amide bonds. The molecule has 2 heterocycles. The Morgan fingerprint density at radius 3 is 2.83 bits per heavy atom. The second kappa shape index (κ2) is 4.72. The molecule has 0 unspecified atom stereocenters. The van der Waals surface area contributed by atoms with Gasteiger partial charge in [0, 0.05) is 6.54 Å². The third-order valence-electron chi connectivity index (χ3n) is 2.57. The first kappa shape index (κ1) is 13.1. The molecule has 0 saturated carbocycles. The summed E-state index contributed by atoms with van der Waals surface area (Å²) < 4.78 is 5.33. The van der Waals surface area contributed by atoms with Crippen molar-refractivity contribution in [3.8, 4) is 0 Å². The number of nitrogens with zero attached hydrogens (tertiary/aromatic N) is 3. The molecule has 1 aromatic heterocycles. The molecule has 5 nitrogen and oxygen atoms in total. The summed E-state index contributed by atoms with van der Waals surface area (Å²) in [6.45, 7) is 6.59. The van der Waals surface area contributed by atoms with Gasteiger partial charge in [-0.3, -0.25) is 0 Å². The minimum Gasteiger partial charge on any atom is -0.444 e. The molecular weight excluding hydrogens is 254 g/mol. The standard InChI is InChI=1S/C12H16ClN3O2/c1-12(2,3)18-11(17)16-5-4-8-6-10(13)15-14-9(8)7-16/h6H,4-5,7H2,1-3H3. The number of carbonyl (C=O) groups excluding carboxylic acids is 1. The van der Waals surface area contributed by atoms with Crippen molar-refractivity contribution in [2.75, 3.05) is 6.54 Å². The second-order valence-electron chi connectivity index (χ2n) is 5.29. The molecule has 0 atom stereocenters. The lowest BCUT2D eigenvalue weighted by atomic mass is 10.1. The Balaban J connectivity index is 2.08. The third kappa shape index (κ3) is 3.10. The number of hydrogen-bond acceptors (Lipinski definition) is 4. The zero-order valence-corrected chi connectivity index (χ0v) is 11.5. The lowest BCUT2D eigenvalue weighted by molar-refractivity contribution is 0.0220. The van der Waals surface area contributed by atoms with Gasteiger partial charge in [-0.05, 0) is 38.8 Å². The smallest absolute Gasteiger partial charge is 0.410 e. The van der Waals surface area contributed by atoms with Gasteiger partial charge in [-0.2, -0.15) is 5.10 Å². The van der Waals surface area contributed by atoms with E-state index in [1.807, 2.05) is 20.8 Å². The van der Waals surface area contributed by atoms with Crippen LogP contribution in [0, 0.1) is 0 Å². The van der Waals surface area contributed by atoms with Crippen LogP contribution in [-0.4, -0.2) is 33.3 Å². The molecule has 2 rings (SSSR count). The summed E-state index contributed by atoms with van der Waals surface area (Å²) in [4.78, 5) is 13.6.